The van der Waals surface area contributed by atoms with Gasteiger partial charge >= 0.3 is 5.97 Å². The van der Waals surface area contributed by atoms with Gasteiger partial charge in [0.05, 0.1) is 4.92 Å². The molecule has 0 aliphatic carbocycles. The zero-order valence-corrected chi connectivity index (χ0v) is 9.24. The van der Waals surface area contributed by atoms with E-state index in [9.17, 15) is 19.7 Å². The van der Waals surface area contributed by atoms with Crippen LogP contribution in [0.2, 0.25) is 0 Å². The largest absolute Gasteiger partial charge is 0.452 e. The van der Waals surface area contributed by atoms with E-state index in [1.807, 2.05) is 0 Å². The molecule has 0 unspecified atom stereocenters. The number of ether oxygens (including phenoxy) is 1. The molecule has 7 heteroatoms. The van der Waals surface area contributed by atoms with Gasteiger partial charge in [-0.15, -0.1) is 0 Å². The van der Waals surface area contributed by atoms with E-state index >= 15 is 0 Å². The number of nitrogens with zero attached hydrogens (tertiary/aromatic N) is 1. The summed E-state index contributed by atoms with van der Waals surface area (Å²) < 4.78 is 4.48. The minimum absolute atomic E-state index is 0.0385. The van der Waals surface area contributed by atoms with E-state index in [0.29, 0.717) is 5.56 Å². The van der Waals surface area contributed by atoms with Crippen LogP contribution in [0.1, 0.15) is 5.56 Å². The van der Waals surface area contributed by atoms with Gasteiger partial charge in [0.1, 0.15) is 0 Å². The predicted octanol–water partition coefficient (Wildman–Crippen LogP) is 0.637. The number of nitro groups is 1. The van der Waals surface area contributed by atoms with E-state index in [4.69, 9.17) is 5.73 Å². The van der Waals surface area contributed by atoms with Crippen LogP contribution in [-0.4, -0.2) is 23.4 Å². The van der Waals surface area contributed by atoms with Crippen molar-refractivity contribution in [3.8, 4) is 0 Å². The number of hydrogen-bond acceptors (Lipinski definition) is 5. The van der Waals surface area contributed by atoms with Gasteiger partial charge in [0.15, 0.2) is 6.61 Å². The topological polar surface area (TPSA) is 113 Å². The first kappa shape index (κ1) is 13.4. The van der Waals surface area contributed by atoms with Crippen LogP contribution in [0.4, 0.5) is 5.69 Å². The molecule has 0 radical (unpaired) electrons. The summed E-state index contributed by atoms with van der Waals surface area (Å²) in [6.45, 7) is -0.483. The fraction of sp³-hybridized carbons (Fsp3) is 0.0909. The van der Waals surface area contributed by atoms with Crippen LogP contribution in [0, 0.1) is 10.1 Å². The molecule has 0 aliphatic heterocycles. The van der Waals surface area contributed by atoms with E-state index in [0.717, 1.165) is 6.08 Å². The summed E-state index contributed by atoms with van der Waals surface area (Å²) in [4.78, 5) is 31.3. The number of amides is 1. The smallest absolute Gasteiger partial charge is 0.331 e. The van der Waals surface area contributed by atoms with Crippen molar-refractivity contribution in [1.29, 1.82) is 0 Å². The van der Waals surface area contributed by atoms with Crippen molar-refractivity contribution in [2.45, 2.75) is 0 Å². The Bertz CT molecular complexity index is 493. The van der Waals surface area contributed by atoms with Gasteiger partial charge in [-0.25, -0.2) is 4.79 Å². The lowest BCUT2D eigenvalue weighted by Gasteiger charge is -1.97. The molecule has 0 spiro atoms. The third kappa shape index (κ3) is 4.44. The second kappa shape index (κ2) is 6.14. The maximum atomic E-state index is 11.1. The molecule has 0 aliphatic rings. The predicted molar refractivity (Wildman–Crippen MR) is 62.3 cm³/mol. The molecule has 0 heterocycles. The highest BCUT2D eigenvalue weighted by Gasteiger charge is 2.03. The molecule has 2 N–H and O–H groups in total. The van der Waals surface area contributed by atoms with Crippen molar-refractivity contribution < 1.29 is 19.2 Å². The van der Waals surface area contributed by atoms with Gasteiger partial charge in [-0.1, -0.05) is 0 Å². The normalized spacial score (nSPS) is 10.2. The van der Waals surface area contributed by atoms with Crippen LogP contribution in [0.15, 0.2) is 30.3 Å². The quantitative estimate of drug-likeness (QED) is 0.356. The lowest BCUT2D eigenvalue weighted by molar-refractivity contribution is -0.384. The van der Waals surface area contributed by atoms with Crippen LogP contribution >= 0.6 is 0 Å². The first-order valence-corrected chi connectivity index (χ1v) is 4.86. The number of hydrogen-bond donors (Lipinski definition) is 1. The summed E-state index contributed by atoms with van der Waals surface area (Å²) in [6.07, 6.45) is 2.51. The van der Waals surface area contributed by atoms with Crippen LogP contribution in [0.25, 0.3) is 6.08 Å². The number of carbonyl (C=O) groups is 2. The Morgan fingerprint density at radius 1 is 1.33 bits per heavy atom. The first-order valence-electron chi connectivity index (χ1n) is 4.86. The van der Waals surface area contributed by atoms with Gasteiger partial charge in [-0.05, 0) is 23.8 Å². The second-order valence-corrected chi connectivity index (χ2v) is 3.26. The molecule has 1 aromatic rings. The van der Waals surface area contributed by atoms with E-state index in [-0.39, 0.29) is 5.69 Å². The first-order chi connectivity index (χ1) is 8.49. The molecule has 18 heavy (non-hydrogen) atoms. The van der Waals surface area contributed by atoms with Gasteiger partial charge in [0.2, 0.25) is 0 Å². The Kier molecular flexibility index (Phi) is 4.56. The molecule has 0 aromatic heterocycles. The molecule has 0 fully saturated rings. The van der Waals surface area contributed by atoms with Crippen molar-refractivity contribution in [1.82, 2.24) is 0 Å². The molecule has 1 amide bonds. The summed E-state index contributed by atoms with van der Waals surface area (Å²) in [5.41, 5.74) is 5.34. The van der Waals surface area contributed by atoms with Crippen molar-refractivity contribution >= 4 is 23.6 Å². The Hall–Kier alpha value is -2.70. The van der Waals surface area contributed by atoms with Gasteiger partial charge in [0.25, 0.3) is 11.6 Å². The molecule has 0 bridgehead atoms. The van der Waals surface area contributed by atoms with Crippen LogP contribution in [-0.2, 0) is 14.3 Å². The van der Waals surface area contributed by atoms with E-state index in [1.165, 1.54) is 30.3 Å². The molecule has 94 valence electrons. The number of esters is 1. The lowest BCUT2D eigenvalue weighted by Crippen LogP contribution is -2.19. The third-order valence-electron chi connectivity index (χ3n) is 1.87. The SMILES string of the molecule is NC(=O)COC(=O)C=Cc1ccc([N+](=O)[O-])cc1. The molecular weight excluding hydrogens is 240 g/mol. The highest BCUT2D eigenvalue weighted by atomic mass is 16.6. The maximum Gasteiger partial charge on any atom is 0.331 e. The van der Waals surface area contributed by atoms with Crippen molar-refractivity contribution in [3.63, 3.8) is 0 Å². The van der Waals surface area contributed by atoms with Crippen LogP contribution in [0.5, 0.6) is 0 Å². The second-order valence-electron chi connectivity index (χ2n) is 3.26. The Labute approximate surface area is 102 Å². The zero-order chi connectivity index (χ0) is 13.5. The summed E-state index contributed by atoms with van der Waals surface area (Å²) in [6, 6.07) is 5.59. The fourth-order valence-corrected chi connectivity index (χ4v) is 1.06. The molecule has 1 rings (SSSR count). The summed E-state index contributed by atoms with van der Waals surface area (Å²) in [5.74, 6) is -1.46. The number of non-ortho nitro benzene ring substituents is 1. The van der Waals surface area contributed by atoms with Crippen molar-refractivity contribution in [2.24, 2.45) is 5.73 Å². The standard InChI is InChI=1S/C11H10N2O5/c12-10(14)7-18-11(15)6-3-8-1-4-9(5-2-8)13(16)17/h1-6H,7H2,(H2,12,14). The van der Waals surface area contributed by atoms with Gasteiger partial charge < -0.3 is 10.5 Å². The lowest BCUT2D eigenvalue weighted by atomic mass is 10.2. The molecule has 0 atom stereocenters. The molecular formula is C11H10N2O5. The van der Waals surface area contributed by atoms with E-state index in [1.54, 1.807) is 0 Å². The molecule has 0 saturated heterocycles. The van der Waals surface area contributed by atoms with Gasteiger partial charge in [0, 0.05) is 18.2 Å². The summed E-state index contributed by atoms with van der Waals surface area (Å²) in [7, 11) is 0. The molecule has 1 aromatic carbocycles. The number of carbonyl (C=O) groups excluding carboxylic acids is 2. The minimum Gasteiger partial charge on any atom is -0.452 e. The average molecular weight is 250 g/mol. The van der Waals surface area contributed by atoms with E-state index in [2.05, 4.69) is 4.74 Å². The highest BCUT2D eigenvalue weighted by Crippen LogP contribution is 2.12. The Morgan fingerprint density at radius 2 is 1.94 bits per heavy atom. The number of nitro benzene ring substituents is 1. The van der Waals surface area contributed by atoms with E-state index < -0.39 is 23.4 Å². The Balaban J connectivity index is 2.58. The highest BCUT2D eigenvalue weighted by molar-refractivity contribution is 5.89. The van der Waals surface area contributed by atoms with Crippen LogP contribution < -0.4 is 5.73 Å². The minimum atomic E-state index is -0.743. The molecule has 7 nitrogen and oxygen atoms in total. The number of nitrogens with two attached hydrogens (primary N) is 1. The maximum absolute atomic E-state index is 11.1. The number of primary amides is 1. The third-order valence-corrected chi connectivity index (χ3v) is 1.87. The zero-order valence-electron chi connectivity index (χ0n) is 9.24. The van der Waals surface area contributed by atoms with Crippen molar-refractivity contribution in [3.05, 3.63) is 46.0 Å². The summed E-state index contributed by atoms with van der Waals surface area (Å²) >= 11 is 0. The van der Waals surface area contributed by atoms with Gasteiger partial charge in [-0.2, -0.15) is 0 Å². The molecule has 0 saturated carbocycles. The Morgan fingerprint density at radius 3 is 2.44 bits per heavy atom. The fourth-order valence-electron chi connectivity index (χ4n) is 1.06. The summed E-state index contributed by atoms with van der Waals surface area (Å²) in [5, 5.41) is 10.4. The van der Waals surface area contributed by atoms with Crippen LogP contribution in [0.3, 0.4) is 0 Å². The number of benzene rings is 1. The van der Waals surface area contributed by atoms with Crippen molar-refractivity contribution in [2.75, 3.05) is 6.61 Å². The average Bonchev–Trinajstić information content (AvgIpc) is 2.34. The number of rotatable bonds is 5. The monoisotopic (exact) mass is 250 g/mol. The van der Waals surface area contributed by atoms with Gasteiger partial charge in [-0.3, -0.25) is 14.9 Å².